The minimum absolute atomic E-state index is 0. The summed E-state index contributed by atoms with van der Waals surface area (Å²) in [6, 6.07) is 0. The van der Waals surface area contributed by atoms with Gasteiger partial charge in [0.25, 0.3) is 10.1 Å². The molecule has 0 amide bonds. The number of rotatable bonds is 21. The van der Waals surface area contributed by atoms with Gasteiger partial charge in [0.2, 0.25) is 0 Å². The zero-order valence-electron chi connectivity index (χ0n) is 20.3. The summed E-state index contributed by atoms with van der Waals surface area (Å²) in [7, 11) is -3.88. The van der Waals surface area contributed by atoms with E-state index >= 15 is 0 Å². The van der Waals surface area contributed by atoms with Crippen LogP contribution in [0.5, 0.6) is 0 Å². The summed E-state index contributed by atoms with van der Waals surface area (Å²) in [5.74, 6) is -0.201. The van der Waals surface area contributed by atoms with Crippen molar-refractivity contribution in [1.82, 2.24) is 4.90 Å². The van der Waals surface area contributed by atoms with Gasteiger partial charge >= 0.3 is 29.6 Å². The van der Waals surface area contributed by atoms with Crippen LogP contribution in [0.4, 0.5) is 0 Å². The third-order valence-electron chi connectivity index (χ3n) is 5.04. The van der Waals surface area contributed by atoms with Gasteiger partial charge in [-0.15, -0.1) is 6.58 Å². The molecule has 0 heterocycles. The Labute approximate surface area is 205 Å². The summed E-state index contributed by atoms with van der Waals surface area (Å²) in [5, 5.41) is 0. The molecule has 0 fully saturated rings. The summed E-state index contributed by atoms with van der Waals surface area (Å²) in [5.41, 5.74) is 0. The van der Waals surface area contributed by atoms with E-state index in [0.29, 0.717) is 13.1 Å². The van der Waals surface area contributed by atoms with Crippen molar-refractivity contribution in [3.8, 4) is 0 Å². The van der Waals surface area contributed by atoms with Gasteiger partial charge in [0.1, 0.15) is 0 Å². The molecule has 0 aliphatic heterocycles. The van der Waals surface area contributed by atoms with Crippen molar-refractivity contribution in [1.29, 1.82) is 0 Å². The molecule has 0 aromatic rings. The SMILES string of the molecule is C=CCN(CCCCCCCC/C=C\CCCCCCCC)CCS(=O)(=O)O.[H-].[Na+]. The van der Waals surface area contributed by atoms with Crippen molar-refractivity contribution in [3.63, 3.8) is 0 Å². The normalized spacial score (nSPS) is 11.8. The molecule has 0 bridgehead atoms. The Morgan fingerprint density at radius 3 is 1.79 bits per heavy atom. The summed E-state index contributed by atoms with van der Waals surface area (Å²) in [6.07, 6.45) is 24.5. The first-order valence-electron chi connectivity index (χ1n) is 11.4. The quantitative estimate of drug-likeness (QED) is 0.129. The Morgan fingerprint density at radius 2 is 1.31 bits per heavy atom. The topological polar surface area (TPSA) is 57.6 Å². The second kappa shape index (κ2) is 23.0. The van der Waals surface area contributed by atoms with Crippen LogP contribution in [-0.4, -0.2) is 43.3 Å². The van der Waals surface area contributed by atoms with Crippen LogP contribution in [0.1, 0.15) is 98.2 Å². The molecule has 0 atom stereocenters. The molecule has 0 spiro atoms. The predicted molar refractivity (Wildman–Crippen MR) is 124 cm³/mol. The molecule has 0 rings (SSSR count). The Bertz CT molecular complexity index is 487. The fraction of sp³-hybridized carbons (Fsp3) is 0.826. The molecule has 0 aliphatic carbocycles. The van der Waals surface area contributed by atoms with E-state index in [4.69, 9.17) is 4.55 Å². The van der Waals surface area contributed by atoms with E-state index in [1.807, 2.05) is 4.90 Å². The van der Waals surface area contributed by atoms with Crippen molar-refractivity contribution < 1.29 is 44.0 Å². The van der Waals surface area contributed by atoms with Gasteiger partial charge in [-0.2, -0.15) is 8.42 Å². The van der Waals surface area contributed by atoms with Crippen molar-refractivity contribution in [3.05, 3.63) is 24.8 Å². The zero-order chi connectivity index (χ0) is 20.9. The molecule has 0 aliphatic rings. The van der Waals surface area contributed by atoms with E-state index in [1.54, 1.807) is 6.08 Å². The molecule has 0 saturated carbocycles. The number of hydrogen-bond acceptors (Lipinski definition) is 3. The van der Waals surface area contributed by atoms with Crippen LogP contribution in [0.2, 0.25) is 0 Å². The third-order valence-corrected chi connectivity index (χ3v) is 5.74. The maximum Gasteiger partial charge on any atom is 1.00 e. The Balaban J connectivity index is -0.00000364. The smallest absolute Gasteiger partial charge is 1.00 e. The van der Waals surface area contributed by atoms with Crippen LogP contribution in [0.15, 0.2) is 24.8 Å². The first kappa shape index (κ1) is 31.5. The summed E-state index contributed by atoms with van der Waals surface area (Å²) < 4.78 is 30.6. The van der Waals surface area contributed by atoms with Gasteiger partial charge in [-0.25, -0.2) is 0 Å². The molecule has 29 heavy (non-hydrogen) atoms. The van der Waals surface area contributed by atoms with E-state index in [1.165, 1.54) is 83.5 Å². The van der Waals surface area contributed by atoms with Crippen LogP contribution in [0.3, 0.4) is 0 Å². The van der Waals surface area contributed by atoms with Gasteiger partial charge in [-0.05, 0) is 38.6 Å². The van der Waals surface area contributed by atoms with E-state index in [2.05, 4.69) is 25.7 Å². The van der Waals surface area contributed by atoms with Crippen molar-refractivity contribution >= 4 is 10.1 Å². The van der Waals surface area contributed by atoms with Crippen LogP contribution < -0.4 is 29.6 Å². The van der Waals surface area contributed by atoms with Crippen LogP contribution in [0.25, 0.3) is 0 Å². The van der Waals surface area contributed by atoms with Gasteiger partial charge in [-0.1, -0.05) is 82.9 Å². The molecule has 168 valence electrons. The fourth-order valence-electron chi connectivity index (χ4n) is 3.30. The summed E-state index contributed by atoms with van der Waals surface area (Å²) >= 11 is 0. The molecule has 0 aromatic heterocycles. The number of allylic oxidation sites excluding steroid dienone is 2. The van der Waals surface area contributed by atoms with Crippen molar-refractivity contribution in [2.75, 3.05) is 25.4 Å². The number of hydrogen-bond donors (Lipinski definition) is 1. The average Bonchev–Trinajstić information content (AvgIpc) is 2.65. The van der Waals surface area contributed by atoms with Gasteiger partial charge < -0.3 is 1.43 Å². The molecular weight excluding hydrogens is 393 g/mol. The third kappa shape index (κ3) is 26.3. The van der Waals surface area contributed by atoms with E-state index in [0.717, 1.165) is 13.0 Å². The first-order chi connectivity index (χ1) is 13.5. The minimum Gasteiger partial charge on any atom is -1.00 e. The van der Waals surface area contributed by atoms with Crippen LogP contribution in [-0.2, 0) is 10.1 Å². The molecule has 4 nitrogen and oxygen atoms in total. The molecular formula is C23H46NNaO3S. The van der Waals surface area contributed by atoms with Gasteiger partial charge in [0, 0.05) is 13.1 Å². The standard InChI is InChI=1S/C23H45NO3S.Na.H/c1-3-5-6-7-8-9-10-11-12-13-14-15-16-17-18-19-21-24(20-4-2)22-23-28(25,26)27;;/h4,11-12H,2-3,5-10,13-23H2,1H3,(H,25,26,27);;/q;+1;-1/b12-11-;;. The van der Waals surface area contributed by atoms with E-state index in [-0.39, 0.29) is 36.7 Å². The Morgan fingerprint density at radius 1 is 0.828 bits per heavy atom. The Hall–Kier alpha value is 0.350. The maximum absolute atomic E-state index is 10.9. The van der Waals surface area contributed by atoms with Gasteiger partial charge in [-0.3, -0.25) is 9.45 Å². The fourth-order valence-corrected chi connectivity index (χ4v) is 3.79. The van der Waals surface area contributed by atoms with Gasteiger partial charge in [0.15, 0.2) is 0 Å². The predicted octanol–water partition coefficient (Wildman–Crippen LogP) is 3.52. The maximum atomic E-state index is 10.9. The molecule has 0 radical (unpaired) electrons. The zero-order valence-corrected chi connectivity index (χ0v) is 22.1. The van der Waals surface area contributed by atoms with E-state index in [9.17, 15) is 8.42 Å². The molecule has 6 heteroatoms. The van der Waals surface area contributed by atoms with Crippen molar-refractivity contribution in [2.24, 2.45) is 0 Å². The summed E-state index contributed by atoms with van der Waals surface area (Å²) in [4.78, 5) is 2.04. The largest absolute Gasteiger partial charge is 1.00 e. The van der Waals surface area contributed by atoms with Crippen LogP contribution in [0, 0.1) is 0 Å². The second-order valence-corrected chi connectivity index (χ2v) is 9.39. The first-order valence-corrected chi connectivity index (χ1v) is 13.0. The molecule has 1 N–H and O–H groups in total. The number of nitrogens with zero attached hydrogens (tertiary/aromatic N) is 1. The Kier molecular flexibility index (Phi) is 25.0. The van der Waals surface area contributed by atoms with E-state index < -0.39 is 10.1 Å². The second-order valence-electron chi connectivity index (χ2n) is 7.81. The molecule has 0 unspecified atom stereocenters. The molecule has 0 aromatic carbocycles. The van der Waals surface area contributed by atoms with Gasteiger partial charge in [0.05, 0.1) is 5.75 Å². The van der Waals surface area contributed by atoms with Crippen LogP contribution >= 0.6 is 0 Å². The summed E-state index contributed by atoms with van der Waals surface area (Å²) in [6.45, 7) is 7.87. The van der Waals surface area contributed by atoms with Crippen molar-refractivity contribution in [2.45, 2.75) is 96.8 Å². The molecule has 0 saturated heterocycles. The minimum atomic E-state index is -3.88. The monoisotopic (exact) mass is 439 g/mol. The number of unbranched alkanes of at least 4 members (excludes halogenated alkanes) is 12. The average molecular weight is 440 g/mol.